The average Bonchev–Trinajstić information content (AvgIpc) is 3.14. The van der Waals surface area contributed by atoms with Crippen LogP contribution in [-0.2, 0) is 38.0 Å². The van der Waals surface area contributed by atoms with E-state index in [0.717, 1.165) is 9.47 Å². The van der Waals surface area contributed by atoms with Crippen molar-refractivity contribution in [1.29, 1.82) is 0 Å². The second-order valence-electron chi connectivity index (χ2n) is 6.36. The van der Waals surface area contributed by atoms with E-state index < -0.39 is 28.7 Å². The zero-order chi connectivity index (χ0) is 19.2. The molecule has 0 aliphatic carbocycles. The summed E-state index contributed by atoms with van der Waals surface area (Å²) in [6.45, 7) is 1.62. The zero-order valence-corrected chi connectivity index (χ0v) is 15.0. The monoisotopic (exact) mass is 360 g/mol. The Morgan fingerprint density at radius 1 is 1.12 bits per heavy atom. The minimum absolute atomic E-state index is 0.172. The van der Waals surface area contributed by atoms with Crippen LogP contribution in [0.5, 0.6) is 0 Å². The maximum absolute atomic E-state index is 13.1. The van der Waals surface area contributed by atoms with Crippen LogP contribution in [-0.4, -0.2) is 35.8 Å². The molecule has 1 N–H and O–H groups in total. The van der Waals surface area contributed by atoms with Crippen LogP contribution in [0.25, 0.3) is 0 Å². The number of nitrogens with one attached hydrogen (secondary N) is 1. The second kappa shape index (κ2) is 5.97. The van der Waals surface area contributed by atoms with Crippen LogP contribution in [0.4, 0.5) is 4.79 Å². The van der Waals surface area contributed by atoms with Gasteiger partial charge in [0.1, 0.15) is 5.54 Å². The number of aryl methyl sites for hydroxylation is 1. The van der Waals surface area contributed by atoms with E-state index in [1.807, 2.05) is 0 Å². The first kappa shape index (κ1) is 17.6. The van der Waals surface area contributed by atoms with Gasteiger partial charge < -0.3 is 5.32 Å². The van der Waals surface area contributed by atoms with Crippen molar-refractivity contribution in [3.8, 4) is 0 Å². The van der Waals surface area contributed by atoms with Crippen molar-refractivity contribution in [3.05, 3.63) is 50.6 Å². The predicted octanol–water partition coefficient (Wildman–Crippen LogP) is -0.825. The van der Waals surface area contributed by atoms with Gasteiger partial charge in [0, 0.05) is 44.7 Å². The Balaban J connectivity index is 2.01. The van der Waals surface area contributed by atoms with Gasteiger partial charge in [-0.25, -0.2) is 9.59 Å². The molecule has 1 aliphatic rings. The first-order valence-corrected chi connectivity index (χ1v) is 8.10. The zero-order valence-electron chi connectivity index (χ0n) is 15.0. The van der Waals surface area contributed by atoms with Gasteiger partial charge in [0.05, 0.1) is 12.7 Å². The van der Waals surface area contributed by atoms with Gasteiger partial charge in [-0.3, -0.25) is 28.3 Å². The van der Waals surface area contributed by atoms with Gasteiger partial charge in [0.2, 0.25) is 0 Å². The molecule has 1 atom stereocenters. The molecule has 2 aromatic rings. The highest BCUT2D eigenvalue weighted by Crippen LogP contribution is 2.32. The fourth-order valence-corrected chi connectivity index (χ4v) is 3.14. The Kier molecular flexibility index (Phi) is 4.05. The molecule has 2 aromatic heterocycles. The number of nitrogens with zero attached hydrogens (tertiary/aromatic N) is 5. The van der Waals surface area contributed by atoms with Crippen molar-refractivity contribution in [3.63, 3.8) is 0 Å². The van der Waals surface area contributed by atoms with Crippen LogP contribution in [0.2, 0.25) is 0 Å². The van der Waals surface area contributed by atoms with Crippen molar-refractivity contribution in [2.75, 3.05) is 0 Å². The van der Waals surface area contributed by atoms with E-state index in [2.05, 4.69) is 10.4 Å². The van der Waals surface area contributed by atoms with Gasteiger partial charge in [-0.05, 0) is 6.42 Å². The molecule has 1 unspecified atom stereocenters. The lowest BCUT2D eigenvalue weighted by atomic mass is 9.89. The first-order chi connectivity index (χ1) is 12.2. The molecule has 1 fully saturated rings. The molecule has 26 heavy (non-hydrogen) atoms. The third-order valence-corrected chi connectivity index (χ3v) is 4.85. The standard InChI is InChI=1S/C16H20N6O4/c1-5-16(10-7-17-19(2)8-10)13(24)22(14(25)18-16)9-11-6-12(23)21(4)15(26)20(11)3/h6-8H,5,9H2,1-4H3,(H,18,25). The molecule has 3 rings (SSSR count). The second-order valence-corrected chi connectivity index (χ2v) is 6.36. The van der Waals surface area contributed by atoms with E-state index in [9.17, 15) is 19.2 Å². The Bertz CT molecular complexity index is 1020. The van der Waals surface area contributed by atoms with Gasteiger partial charge in [0.15, 0.2) is 0 Å². The van der Waals surface area contributed by atoms with E-state index in [1.165, 1.54) is 24.7 Å². The number of rotatable bonds is 4. The van der Waals surface area contributed by atoms with Crippen LogP contribution in [0, 0.1) is 0 Å². The van der Waals surface area contributed by atoms with E-state index in [0.29, 0.717) is 12.0 Å². The fourth-order valence-electron chi connectivity index (χ4n) is 3.14. The van der Waals surface area contributed by atoms with Crippen LogP contribution >= 0.6 is 0 Å². The smallest absolute Gasteiger partial charge is 0.319 e. The summed E-state index contributed by atoms with van der Waals surface area (Å²) < 4.78 is 3.76. The molecule has 0 spiro atoms. The number of carbonyl (C=O) groups excluding carboxylic acids is 2. The van der Waals surface area contributed by atoms with E-state index >= 15 is 0 Å². The van der Waals surface area contributed by atoms with Crippen LogP contribution in [0.3, 0.4) is 0 Å². The van der Waals surface area contributed by atoms with Crippen molar-refractivity contribution in [2.45, 2.75) is 25.4 Å². The van der Waals surface area contributed by atoms with Crippen LogP contribution in [0.15, 0.2) is 28.0 Å². The van der Waals surface area contributed by atoms with Gasteiger partial charge in [-0.1, -0.05) is 6.92 Å². The van der Waals surface area contributed by atoms with Gasteiger partial charge in [-0.15, -0.1) is 0 Å². The molecule has 138 valence electrons. The highest BCUT2D eigenvalue weighted by atomic mass is 16.2. The molecule has 10 heteroatoms. The number of carbonyl (C=O) groups is 2. The number of aromatic nitrogens is 4. The van der Waals surface area contributed by atoms with E-state index in [1.54, 1.807) is 31.0 Å². The summed E-state index contributed by atoms with van der Waals surface area (Å²) in [5, 5.41) is 6.82. The third kappa shape index (κ3) is 2.45. The van der Waals surface area contributed by atoms with Crippen LogP contribution in [0.1, 0.15) is 24.6 Å². The summed E-state index contributed by atoms with van der Waals surface area (Å²) in [4.78, 5) is 50.5. The van der Waals surface area contributed by atoms with Gasteiger partial charge in [-0.2, -0.15) is 5.10 Å². The fraction of sp³-hybridized carbons (Fsp3) is 0.438. The predicted molar refractivity (Wildman–Crippen MR) is 91.2 cm³/mol. The summed E-state index contributed by atoms with van der Waals surface area (Å²) in [6.07, 6.45) is 3.56. The number of imide groups is 1. The minimum atomic E-state index is -1.20. The summed E-state index contributed by atoms with van der Waals surface area (Å²) >= 11 is 0. The Morgan fingerprint density at radius 2 is 1.81 bits per heavy atom. The average molecular weight is 360 g/mol. The quantitative estimate of drug-likeness (QED) is 0.716. The Labute approximate surface area is 148 Å². The lowest BCUT2D eigenvalue weighted by Crippen LogP contribution is -2.43. The maximum Gasteiger partial charge on any atom is 0.330 e. The van der Waals surface area contributed by atoms with Crippen LogP contribution < -0.4 is 16.6 Å². The minimum Gasteiger partial charge on any atom is -0.319 e. The molecule has 0 bridgehead atoms. The highest BCUT2D eigenvalue weighted by molar-refractivity contribution is 6.07. The van der Waals surface area contributed by atoms with E-state index in [4.69, 9.17) is 0 Å². The van der Waals surface area contributed by atoms with Crippen molar-refractivity contribution < 1.29 is 9.59 Å². The summed E-state index contributed by atoms with van der Waals surface area (Å²) in [5.74, 6) is -0.439. The molecule has 3 heterocycles. The van der Waals surface area contributed by atoms with Crippen molar-refractivity contribution in [1.82, 2.24) is 29.1 Å². The van der Waals surface area contributed by atoms with Gasteiger partial charge >= 0.3 is 11.7 Å². The molecular formula is C16H20N6O4. The SMILES string of the molecule is CCC1(c2cnn(C)c2)NC(=O)N(Cc2cc(=O)n(C)c(=O)n2C)C1=O. The van der Waals surface area contributed by atoms with E-state index in [-0.39, 0.29) is 12.2 Å². The van der Waals surface area contributed by atoms with Gasteiger partial charge in [0.25, 0.3) is 11.5 Å². The molecular weight excluding hydrogens is 340 g/mol. The summed E-state index contributed by atoms with van der Waals surface area (Å²) in [5.41, 5.74) is -1.36. The first-order valence-electron chi connectivity index (χ1n) is 8.10. The lowest BCUT2D eigenvalue weighted by molar-refractivity contribution is -0.132. The van der Waals surface area contributed by atoms with Crippen molar-refractivity contribution >= 4 is 11.9 Å². The Hall–Kier alpha value is -3.17. The molecule has 10 nitrogen and oxygen atoms in total. The third-order valence-electron chi connectivity index (χ3n) is 4.85. The molecule has 1 saturated heterocycles. The topological polar surface area (TPSA) is 111 Å². The maximum atomic E-state index is 13.1. The number of hydrogen-bond donors (Lipinski definition) is 1. The molecule has 0 saturated carbocycles. The number of amides is 3. The Morgan fingerprint density at radius 3 is 2.38 bits per heavy atom. The molecule has 0 radical (unpaired) electrons. The number of urea groups is 1. The molecule has 0 aromatic carbocycles. The summed E-state index contributed by atoms with van der Waals surface area (Å²) in [7, 11) is 4.58. The van der Waals surface area contributed by atoms with Crippen molar-refractivity contribution in [2.24, 2.45) is 21.1 Å². The lowest BCUT2D eigenvalue weighted by Gasteiger charge is -2.24. The molecule has 1 aliphatic heterocycles. The largest absolute Gasteiger partial charge is 0.330 e. The highest BCUT2D eigenvalue weighted by Gasteiger charge is 2.52. The normalized spacial score (nSPS) is 19.9. The number of hydrogen-bond acceptors (Lipinski definition) is 5. The molecule has 3 amide bonds. The summed E-state index contributed by atoms with van der Waals surface area (Å²) in [6, 6.07) is 0.673.